The van der Waals surface area contributed by atoms with Crippen LogP contribution in [-0.2, 0) is 12.8 Å². The summed E-state index contributed by atoms with van der Waals surface area (Å²) in [7, 11) is 0. The average molecular weight is 462 g/mol. The van der Waals surface area contributed by atoms with Crippen LogP contribution in [0.1, 0.15) is 37.6 Å². The van der Waals surface area contributed by atoms with Gasteiger partial charge in [0.25, 0.3) is 0 Å². The highest BCUT2D eigenvalue weighted by Gasteiger charge is 2.26. The van der Waals surface area contributed by atoms with Crippen LogP contribution < -0.4 is 10.2 Å². The van der Waals surface area contributed by atoms with E-state index in [9.17, 15) is 9.18 Å². The fourth-order valence-electron chi connectivity index (χ4n) is 4.26. The Morgan fingerprint density at radius 3 is 2.32 bits per heavy atom. The Bertz CT molecular complexity index is 1130. The maximum Gasteiger partial charge on any atom is 0.317 e. The van der Waals surface area contributed by atoms with Crippen molar-refractivity contribution in [1.29, 1.82) is 0 Å². The minimum absolute atomic E-state index is 0.0388. The van der Waals surface area contributed by atoms with Crippen LogP contribution in [0.25, 0.3) is 11.4 Å². The van der Waals surface area contributed by atoms with E-state index in [1.54, 1.807) is 6.07 Å². The van der Waals surface area contributed by atoms with Crippen molar-refractivity contribution >= 4 is 11.8 Å². The van der Waals surface area contributed by atoms with Crippen molar-refractivity contribution in [3.05, 3.63) is 77.2 Å². The molecule has 1 N–H and O–H groups in total. The van der Waals surface area contributed by atoms with E-state index in [0.717, 1.165) is 29.1 Å². The molecule has 4 rings (SSSR count). The number of piperazine rings is 1. The zero-order valence-corrected chi connectivity index (χ0v) is 20.1. The van der Waals surface area contributed by atoms with Gasteiger partial charge in [0, 0.05) is 55.5 Å². The Balaban J connectivity index is 1.70. The SMILES string of the molecule is CCc1nc(-c2ccccc2)nc(N2CCN(C(=O)NC(C)C)CC2)c1Cc1ccccc1F. The van der Waals surface area contributed by atoms with Gasteiger partial charge in [-0.3, -0.25) is 0 Å². The largest absolute Gasteiger partial charge is 0.353 e. The summed E-state index contributed by atoms with van der Waals surface area (Å²) >= 11 is 0. The summed E-state index contributed by atoms with van der Waals surface area (Å²) < 4.78 is 14.6. The number of benzene rings is 2. The minimum atomic E-state index is -0.224. The molecule has 0 saturated carbocycles. The Morgan fingerprint density at radius 2 is 1.68 bits per heavy atom. The highest BCUT2D eigenvalue weighted by atomic mass is 19.1. The van der Waals surface area contributed by atoms with Gasteiger partial charge in [-0.15, -0.1) is 0 Å². The smallest absolute Gasteiger partial charge is 0.317 e. The highest BCUT2D eigenvalue weighted by Crippen LogP contribution is 2.29. The van der Waals surface area contributed by atoms with Gasteiger partial charge in [-0.2, -0.15) is 0 Å². The van der Waals surface area contributed by atoms with Crippen LogP contribution in [0.2, 0.25) is 0 Å². The molecule has 0 spiro atoms. The van der Waals surface area contributed by atoms with E-state index in [1.165, 1.54) is 6.07 Å². The second-order valence-corrected chi connectivity index (χ2v) is 8.86. The molecule has 2 amide bonds. The molecule has 0 radical (unpaired) electrons. The van der Waals surface area contributed by atoms with Gasteiger partial charge in [0.15, 0.2) is 5.82 Å². The molecule has 34 heavy (non-hydrogen) atoms. The molecule has 2 heterocycles. The van der Waals surface area contributed by atoms with Gasteiger partial charge in [-0.1, -0.05) is 55.5 Å². The van der Waals surface area contributed by atoms with Gasteiger partial charge in [-0.05, 0) is 31.9 Å². The number of urea groups is 1. The first kappa shape index (κ1) is 23.7. The van der Waals surface area contributed by atoms with Gasteiger partial charge in [0.05, 0.1) is 0 Å². The van der Waals surface area contributed by atoms with Gasteiger partial charge < -0.3 is 15.1 Å². The first-order valence-electron chi connectivity index (χ1n) is 11.9. The second-order valence-electron chi connectivity index (χ2n) is 8.86. The van der Waals surface area contributed by atoms with Crippen molar-refractivity contribution < 1.29 is 9.18 Å². The number of nitrogens with zero attached hydrogens (tertiary/aromatic N) is 4. The quantitative estimate of drug-likeness (QED) is 0.579. The summed E-state index contributed by atoms with van der Waals surface area (Å²) in [5.41, 5.74) is 3.45. The molecule has 7 heteroatoms. The number of amides is 2. The van der Waals surface area contributed by atoms with Crippen molar-refractivity contribution in [2.24, 2.45) is 0 Å². The number of carbonyl (C=O) groups excluding carboxylic acids is 1. The average Bonchev–Trinajstić information content (AvgIpc) is 2.85. The van der Waals surface area contributed by atoms with Crippen molar-refractivity contribution in [2.45, 2.75) is 39.7 Å². The predicted molar refractivity (Wildman–Crippen MR) is 134 cm³/mol. The van der Waals surface area contributed by atoms with E-state index in [1.807, 2.05) is 61.2 Å². The molecule has 1 fully saturated rings. The molecule has 1 aromatic heterocycles. The van der Waals surface area contributed by atoms with Gasteiger partial charge in [0.2, 0.25) is 0 Å². The van der Waals surface area contributed by atoms with Crippen molar-refractivity contribution in [3.63, 3.8) is 0 Å². The zero-order valence-electron chi connectivity index (χ0n) is 20.1. The Morgan fingerprint density at radius 1 is 1.00 bits per heavy atom. The molecule has 2 aromatic carbocycles. The molecule has 6 nitrogen and oxygen atoms in total. The molecule has 1 saturated heterocycles. The van der Waals surface area contributed by atoms with Gasteiger partial charge >= 0.3 is 6.03 Å². The number of anilines is 1. The van der Waals surface area contributed by atoms with E-state index in [0.29, 0.717) is 44.0 Å². The number of halogens is 1. The topological polar surface area (TPSA) is 61.4 Å². The normalized spacial score (nSPS) is 13.9. The lowest BCUT2D eigenvalue weighted by Crippen LogP contribution is -2.53. The lowest BCUT2D eigenvalue weighted by molar-refractivity contribution is 0.191. The predicted octanol–water partition coefficient (Wildman–Crippen LogP) is 4.68. The molecule has 0 bridgehead atoms. The number of nitrogens with one attached hydrogen (secondary N) is 1. The number of aryl methyl sites for hydroxylation is 1. The molecule has 178 valence electrons. The van der Waals surface area contributed by atoms with Crippen molar-refractivity contribution in [2.75, 3.05) is 31.1 Å². The molecule has 3 aromatic rings. The first-order chi connectivity index (χ1) is 16.5. The number of rotatable bonds is 6. The lowest BCUT2D eigenvalue weighted by atomic mass is 10.0. The van der Waals surface area contributed by atoms with Crippen LogP contribution >= 0.6 is 0 Å². The van der Waals surface area contributed by atoms with Crippen LogP contribution in [0.3, 0.4) is 0 Å². The minimum Gasteiger partial charge on any atom is -0.353 e. The standard InChI is InChI=1S/C27H32FN5O/c1-4-24-22(18-21-12-8-9-13-23(21)28)26(31-25(30-24)20-10-6-5-7-11-20)32-14-16-33(17-15-32)27(34)29-19(2)3/h5-13,19H,4,14-18H2,1-3H3,(H,29,34). The summed E-state index contributed by atoms with van der Waals surface area (Å²) in [5.74, 6) is 1.28. The van der Waals surface area contributed by atoms with E-state index >= 15 is 0 Å². The molecule has 0 unspecified atom stereocenters. The molecular weight excluding hydrogens is 429 g/mol. The van der Waals surface area contributed by atoms with Crippen molar-refractivity contribution in [1.82, 2.24) is 20.2 Å². The number of aromatic nitrogens is 2. The third-order valence-corrected chi connectivity index (χ3v) is 6.04. The summed E-state index contributed by atoms with van der Waals surface area (Å²) in [6.07, 6.45) is 1.14. The number of carbonyl (C=O) groups is 1. The van der Waals surface area contributed by atoms with Crippen LogP contribution in [0, 0.1) is 5.82 Å². The van der Waals surface area contributed by atoms with E-state index in [4.69, 9.17) is 9.97 Å². The summed E-state index contributed by atoms with van der Waals surface area (Å²) in [6, 6.07) is 16.9. The fraction of sp³-hybridized carbons (Fsp3) is 0.370. The number of hydrogen-bond acceptors (Lipinski definition) is 4. The molecule has 1 aliphatic heterocycles. The summed E-state index contributed by atoms with van der Waals surface area (Å²) in [5, 5.41) is 2.97. The van der Waals surface area contributed by atoms with E-state index < -0.39 is 0 Å². The Hall–Kier alpha value is -3.48. The van der Waals surface area contributed by atoms with Crippen LogP contribution in [0.4, 0.5) is 15.0 Å². The summed E-state index contributed by atoms with van der Waals surface area (Å²) in [4.78, 5) is 26.4. The Kier molecular flexibility index (Phi) is 7.40. The van der Waals surface area contributed by atoms with E-state index in [2.05, 4.69) is 17.1 Å². The molecule has 1 aliphatic rings. The van der Waals surface area contributed by atoms with Crippen LogP contribution in [0.5, 0.6) is 0 Å². The monoisotopic (exact) mass is 461 g/mol. The van der Waals surface area contributed by atoms with E-state index in [-0.39, 0.29) is 17.9 Å². The van der Waals surface area contributed by atoms with Gasteiger partial charge in [0.1, 0.15) is 11.6 Å². The fourth-order valence-corrected chi connectivity index (χ4v) is 4.26. The summed E-state index contributed by atoms with van der Waals surface area (Å²) in [6.45, 7) is 8.50. The lowest BCUT2D eigenvalue weighted by Gasteiger charge is -2.37. The van der Waals surface area contributed by atoms with Crippen LogP contribution in [0.15, 0.2) is 54.6 Å². The maximum absolute atomic E-state index is 14.6. The maximum atomic E-state index is 14.6. The molecule has 0 atom stereocenters. The third-order valence-electron chi connectivity index (χ3n) is 6.04. The van der Waals surface area contributed by atoms with Crippen molar-refractivity contribution in [3.8, 4) is 11.4 Å². The number of hydrogen-bond donors (Lipinski definition) is 1. The molecule has 0 aliphatic carbocycles. The van der Waals surface area contributed by atoms with Gasteiger partial charge in [-0.25, -0.2) is 19.2 Å². The highest BCUT2D eigenvalue weighted by molar-refractivity contribution is 5.75. The molecular formula is C27H32FN5O. The van der Waals surface area contributed by atoms with Crippen LogP contribution in [-0.4, -0.2) is 53.1 Å². The third kappa shape index (κ3) is 5.35. The Labute approximate surface area is 200 Å². The second kappa shape index (κ2) is 10.6. The first-order valence-corrected chi connectivity index (χ1v) is 11.9. The zero-order chi connectivity index (χ0) is 24.1.